The Balaban J connectivity index is 1.46. The molecule has 25 heavy (non-hydrogen) atoms. The van der Waals surface area contributed by atoms with E-state index in [4.69, 9.17) is 4.42 Å². The Kier molecular flexibility index (Phi) is 5.70. The van der Waals surface area contributed by atoms with E-state index in [1.54, 1.807) is 0 Å². The van der Waals surface area contributed by atoms with Crippen molar-refractivity contribution in [2.24, 2.45) is 0 Å². The summed E-state index contributed by atoms with van der Waals surface area (Å²) in [6, 6.07) is 7.46. The van der Waals surface area contributed by atoms with Crippen LogP contribution in [0.3, 0.4) is 0 Å². The van der Waals surface area contributed by atoms with Gasteiger partial charge >= 0.3 is 6.03 Å². The molecule has 2 N–H and O–H groups in total. The van der Waals surface area contributed by atoms with Crippen LogP contribution in [-0.4, -0.2) is 33.9 Å². The van der Waals surface area contributed by atoms with Gasteiger partial charge in [0.25, 0.3) is 5.22 Å². The Labute approximate surface area is 150 Å². The number of aromatic nitrogens is 2. The number of benzene rings is 1. The van der Waals surface area contributed by atoms with Gasteiger partial charge in [-0.1, -0.05) is 42.3 Å². The smallest absolute Gasteiger partial charge is 0.321 e. The second kappa shape index (κ2) is 8.15. The van der Waals surface area contributed by atoms with Crippen LogP contribution in [0.25, 0.3) is 11.5 Å². The molecule has 7 nitrogen and oxygen atoms in total. The number of rotatable bonds is 5. The average Bonchev–Trinajstić information content (AvgIpc) is 3.24. The molecule has 8 heteroatoms. The number of hydrogen-bond donors (Lipinski definition) is 2. The normalized spacial score (nSPS) is 14.4. The third kappa shape index (κ3) is 5.06. The van der Waals surface area contributed by atoms with Gasteiger partial charge in [-0.3, -0.25) is 10.1 Å². The Bertz CT molecular complexity index is 756. The van der Waals surface area contributed by atoms with Gasteiger partial charge in [0.05, 0.1) is 5.75 Å². The van der Waals surface area contributed by atoms with Crippen molar-refractivity contribution in [2.45, 2.75) is 43.9 Å². The predicted octanol–water partition coefficient (Wildman–Crippen LogP) is 2.91. The first-order valence-corrected chi connectivity index (χ1v) is 9.22. The van der Waals surface area contributed by atoms with Crippen LogP contribution in [0.15, 0.2) is 33.9 Å². The molecule has 0 saturated heterocycles. The number of urea groups is 1. The molecule has 132 valence electrons. The van der Waals surface area contributed by atoms with E-state index in [9.17, 15) is 9.59 Å². The number of carbonyl (C=O) groups is 2. The second-order valence-electron chi connectivity index (χ2n) is 6.03. The maximum Gasteiger partial charge on any atom is 0.321 e. The van der Waals surface area contributed by atoms with Crippen molar-refractivity contribution in [1.29, 1.82) is 0 Å². The highest BCUT2D eigenvalue weighted by molar-refractivity contribution is 7.99. The molecular weight excluding hydrogens is 340 g/mol. The summed E-state index contributed by atoms with van der Waals surface area (Å²) in [7, 11) is 0. The van der Waals surface area contributed by atoms with Crippen molar-refractivity contribution in [1.82, 2.24) is 20.8 Å². The number of aryl methyl sites for hydroxylation is 1. The lowest BCUT2D eigenvalue weighted by Gasteiger charge is -2.11. The Morgan fingerprint density at radius 2 is 2.08 bits per heavy atom. The first kappa shape index (κ1) is 17.5. The molecule has 1 heterocycles. The SMILES string of the molecule is Cc1cccc(-c2nnc(SCC(=O)NC(=O)NC3CCCC3)o2)c1. The van der Waals surface area contributed by atoms with Crippen molar-refractivity contribution in [2.75, 3.05) is 5.75 Å². The molecule has 0 radical (unpaired) electrons. The number of thioether (sulfide) groups is 1. The lowest BCUT2D eigenvalue weighted by molar-refractivity contribution is -0.117. The fraction of sp³-hybridized carbons (Fsp3) is 0.412. The molecule has 1 fully saturated rings. The second-order valence-corrected chi connectivity index (χ2v) is 6.96. The summed E-state index contributed by atoms with van der Waals surface area (Å²) in [5.74, 6) is 0.0504. The van der Waals surface area contributed by atoms with Crippen LogP contribution >= 0.6 is 11.8 Å². The predicted molar refractivity (Wildman–Crippen MR) is 94.1 cm³/mol. The number of carbonyl (C=O) groups excluding carboxylic acids is 2. The van der Waals surface area contributed by atoms with Gasteiger partial charge < -0.3 is 9.73 Å². The van der Waals surface area contributed by atoms with Crippen LogP contribution in [0.1, 0.15) is 31.2 Å². The molecular formula is C17H20N4O3S. The molecule has 1 aliphatic carbocycles. The number of imide groups is 1. The van der Waals surface area contributed by atoms with Crippen LogP contribution in [0.4, 0.5) is 4.79 Å². The molecule has 0 aliphatic heterocycles. The zero-order chi connectivity index (χ0) is 17.6. The van der Waals surface area contributed by atoms with Gasteiger partial charge in [0, 0.05) is 11.6 Å². The number of nitrogens with zero attached hydrogens (tertiary/aromatic N) is 2. The Morgan fingerprint density at radius 1 is 1.28 bits per heavy atom. The molecule has 0 atom stereocenters. The summed E-state index contributed by atoms with van der Waals surface area (Å²) >= 11 is 1.10. The lowest BCUT2D eigenvalue weighted by atomic mass is 10.1. The monoisotopic (exact) mass is 360 g/mol. The van der Waals surface area contributed by atoms with Crippen LogP contribution in [-0.2, 0) is 4.79 Å². The lowest BCUT2D eigenvalue weighted by Crippen LogP contribution is -2.44. The van der Waals surface area contributed by atoms with E-state index >= 15 is 0 Å². The maximum atomic E-state index is 11.8. The number of nitrogens with one attached hydrogen (secondary N) is 2. The van der Waals surface area contributed by atoms with Crippen molar-refractivity contribution in [3.05, 3.63) is 29.8 Å². The molecule has 0 unspecified atom stereocenters. The number of hydrogen-bond acceptors (Lipinski definition) is 6. The Hall–Kier alpha value is -2.35. The van der Waals surface area contributed by atoms with Gasteiger partial charge in [0.1, 0.15) is 0 Å². The molecule has 1 saturated carbocycles. The highest BCUT2D eigenvalue weighted by atomic mass is 32.2. The van der Waals surface area contributed by atoms with E-state index in [-0.39, 0.29) is 11.8 Å². The number of amides is 3. The van der Waals surface area contributed by atoms with Crippen LogP contribution in [0, 0.1) is 6.92 Å². The minimum absolute atomic E-state index is 0.0353. The summed E-state index contributed by atoms with van der Waals surface area (Å²) in [5, 5.41) is 13.3. The van der Waals surface area contributed by atoms with E-state index in [0.717, 1.165) is 48.6 Å². The quantitative estimate of drug-likeness (QED) is 0.796. The Morgan fingerprint density at radius 3 is 2.84 bits per heavy atom. The molecule has 1 aromatic heterocycles. The van der Waals surface area contributed by atoms with Gasteiger partial charge in [-0.2, -0.15) is 0 Å². The minimum atomic E-state index is -0.441. The molecule has 3 rings (SSSR count). The molecule has 1 aliphatic rings. The van der Waals surface area contributed by atoms with Gasteiger partial charge in [-0.05, 0) is 31.9 Å². The standard InChI is InChI=1S/C17H20N4O3S/c1-11-5-4-6-12(9-11)15-20-21-17(24-15)25-10-14(22)19-16(23)18-13-7-2-3-8-13/h4-6,9,13H,2-3,7-8,10H2,1H3,(H2,18,19,22,23). The average molecular weight is 360 g/mol. The largest absolute Gasteiger partial charge is 0.411 e. The van der Waals surface area contributed by atoms with E-state index in [1.807, 2.05) is 31.2 Å². The van der Waals surface area contributed by atoms with Gasteiger partial charge in [-0.15, -0.1) is 10.2 Å². The van der Waals surface area contributed by atoms with Gasteiger partial charge in [-0.25, -0.2) is 4.79 Å². The summed E-state index contributed by atoms with van der Waals surface area (Å²) < 4.78 is 5.55. The summed E-state index contributed by atoms with van der Waals surface area (Å²) in [6.45, 7) is 1.98. The summed E-state index contributed by atoms with van der Waals surface area (Å²) in [4.78, 5) is 23.6. The van der Waals surface area contributed by atoms with E-state index < -0.39 is 11.9 Å². The molecule has 3 amide bonds. The first-order valence-electron chi connectivity index (χ1n) is 8.24. The third-order valence-electron chi connectivity index (χ3n) is 3.94. The summed E-state index contributed by atoms with van der Waals surface area (Å²) in [5.41, 5.74) is 1.93. The molecule has 1 aromatic carbocycles. The zero-order valence-electron chi connectivity index (χ0n) is 13.9. The van der Waals surface area contributed by atoms with E-state index in [2.05, 4.69) is 20.8 Å². The molecule has 0 bridgehead atoms. The van der Waals surface area contributed by atoms with Gasteiger partial charge in [0.2, 0.25) is 11.8 Å². The molecule has 2 aromatic rings. The van der Waals surface area contributed by atoms with Crippen molar-refractivity contribution >= 4 is 23.7 Å². The van der Waals surface area contributed by atoms with Crippen molar-refractivity contribution in [3.8, 4) is 11.5 Å². The summed E-state index contributed by atoms with van der Waals surface area (Å²) in [6.07, 6.45) is 4.19. The van der Waals surface area contributed by atoms with Crippen LogP contribution in [0.2, 0.25) is 0 Å². The molecule has 0 spiro atoms. The van der Waals surface area contributed by atoms with Crippen LogP contribution in [0.5, 0.6) is 0 Å². The van der Waals surface area contributed by atoms with Crippen molar-refractivity contribution in [3.63, 3.8) is 0 Å². The minimum Gasteiger partial charge on any atom is -0.411 e. The van der Waals surface area contributed by atoms with Crippen molar-refractivity contribution < 1.29 is 14.0 Å². The fourth-order valence-electron chi connectivity index (χ4n) is 2.74. The van der Waals surface area contributed by atoms with E-state index in [0.29, 0.717) is 11.1 Å². The fourth-order valence-corrected chi connectivity index (χ4v) is 3.31. The first-order chi connectivity index (χ1) is 12.1. The van der Waals surface area contributed by atoms with Gasteiger partial charge in [0.15, 0.2) is 0 Å². The maximum absolute atomic E-state index is 11.8. The topological polar surface area (TPSA) is 97.1 Å². The van der Waals surface area contributed by atoms with Crippen LogP contribution < -0.4 is 10.6 Å². The highest BCUT2D eigenvalue weighted by Crippen LogP contribution is 2.23. The zero-order valence-corrected chi connectivity index (χ0v) is 14.8. The third-order valence-corrected chi connectivity index (χ3v) is 4.76. The highest BCUT2D eigenvalue weighted by Gasteiger charge is 2.18. The van der Waals surface area contributed by atoms with E-state index in [1.165, 1.54) is 0 Å².